The minimum atomic E-state index is -0.284. The summed E-state index contributed by atoms with van der Waals surface area (Å²) in [7, 11) is 4.73. The van der Waals surface area contributed by atoms with Gasteiger partial charge in [0.1, 0.15) is 0 Å². The molecule has 1 unspecified atom stereocenters. The molecule has 0 aliphatic carbocycles. The summed E-state index contributed by atoms with van der Waals surface area (Å²) in [6, 6.07) is 10.8. The van der Waals surface area contributed by atoms with Crippen molar-refractivity contribution in [2.75, 3.05) is 27.9 Å². The fourth-order valence-electron chi connectivity index (χ4n) is 3.68. The molecule has 27 heavy (non-hydrogen) atoms. The predicted octanol–water partition coefficient (Wildman–Crippen LogP) is 3.14. The summed E-state index contributed by atoms with van der Waals surface area (Å²) in [6.45, 7) is 0.599. The fraction of sp³-hybridized carbons (Fsp3) is 0.429. The number of ether oxygens (including phenoxy) is 4. The summed E-state index contributed by atoms with van der Waals surface area (Å²) in [5.41, 5.74) is 2.12. The second-order valence-corrected chi connectivity index (χ2v) is 6.78. The van der Waals surface area contributed by atoms with Gasteiger partial charge in [0.15, 0.2) is 29.3 Å². The van der Waals surface area contributed by atoms with E-state index >= 15 is 0 Å². The number of aromatic hydroxyl groups is 2. The van der Waals surface area contributed by atoms with Crippen LogP contribution in [0, 0.1) is 11.8 Å². The largest absolute Gasteiger partial charge is 0.504 e. The van der Waals surface area contributed by atoms with Crippen LogP contribution in [0.15, 0.2) is 36.4 Å². The maximum atomic E-state index is 9.81. The highest BCUT2D eigenvalue weighted by Gasteiger charge is 2.37. The third kappa shape index (κ3) is 4.28. The van der Waals surface area contributed by atoms with Crippen molar-refractivity contribution in [1.82, 2.24) is 0 Å². The van der Waals surface area contributed by atoms with Gasteiger partial charge in [0.25, 0.3) is 0 Å². The smallest absolute Gasteiger partial charge is 0.160 e. The molecular formula is C21H26O6. The van der Waals surface area contributed by atoms with E-state index in [1.165, 1.54) is 7.11 Å². The molecule has 0 bridgehead atoms. The Morgan fingerprint density at radius 3 is 1.96 bits per heavy atom. The van der Waals surface area contributed by atoms with E-state index in [1.54, 1.807) is 26.4 Å². The Balaban J connectivity index is 1.78. The zero-order valence-corrected chi connectivity index (χ0v) is 15.8. The van der Waals surface area contributed by atoms with Crippen LogP contribution in [0.25, 0.3) is 0 Å². The number of phenolic OH excluding ortho intramolecular Hbond substituents is 2. The van der Waals surface area contributed by atoms with E-state index in [9.17, 15) is 10.2 Å². The van der Waals surface area contributed by atoms with Gasteiger partial charge in [-0.1, -0.05) is 12.1 Å². The van der Waals surface area contributed by atoms with Crippen molar-refractivity contribution < 1.29 is 29.2 Å². The van der Waals surface area contributed by atoms with E-state index in [0.29, 0.717) is 18.1 Å². The summed E-state index contributed by atoms with van der Waals surface area (Å²) in [5, 5.41) is 19.6. The Labute approximate surface area is 159 Å². The molecule has 1 saturated heterocycles. The summed E-state index contributed by atoms with van der Waals surface area (Å²) in [4.78, 5) is 0. The van der Waals surface area contributed by atoms with Crippen LogP contribution in [-0.4, -0.2) is 44.4 Å². The molecule has 0 amide bonds. The third-order valence-electron chi connectivity index (χ3n) is 5.12. The van der Waals surface area contributed by atoms with Crippen molar-refractivity contribution in [3.63, 3.8) is 0 Å². The molecule has 0 saturated carbocycles. The van der Waals surface area contributed by atoms with Gasteiger partial charge >= 0.3 is 0 Å². The monoisotopic (exact) mass is 374 g/mol. The average molecular weight is 374 g/mol. The van der Waals surface area contributed by atoms with Gasteiger partial charge in [-0.25, -0.2) is 0 Å². The minimum Gasteiger partial charge on any atom is -0.504 e. The molecule has 3 rings (SSSR count). The zero-order valence-electron chi connectivity index (χ0n) is 15.8. The summed E-state index contributed by atoms with van der Waals surface area (Å²) >= 11 is 0. The van der Waals surface area contributed by atoms with E-state index in [1.807, 2.05) is 24.3 Å². The van der Waals surface area contributed by atoms with E-state index in [-0.39, 0.29) is 29.6 Å². The molecule has 3 atom stereocenters. The first-order chi connectivity index (χ1) is 13.0. The van der Waals surface area contributed by atoms with Gasteiger partial charge in [0.05, 0.1) is 20.8 Å². The van der Waals surface area contributed by atoms with Gasteiger partial charge in [0, 0.05) is 13.0 Å². The van der Waals surface area contributed by atoms with Crippen molar-refractivity contribution >= 4 is 0 Å². The molecule has 0 aromatic heterocycles. The van der Waals surface area contributed by atoms with Gasteiger partial charge in [-0.3, -0.25) is 0 Å². The molecule has 6 heteroatoms. The topological polar surface area (TPSA) is 77.4 Å². The van der Waals surface area contributed by atoms with Crippen LogP contribution in [0.2, 0.25) is 0 Å². The molecular weight excluding hydrogens is 348 g/mol. The number of phenols is 2. The maximum absolute atomic E-state index is 9.81. The third-order valence-corrected chi connectivity index (χ3v) is 5.12. The molecule has 6 nitrogen and oxygen atoms in total. The van der Waals surface area contributed by atoms with Crippen LogP contribution in [0.5, 0.6) is 23.0 Å². The van der Waals surface area contributed by atoms with Gasteiger partial charge in [-0.2, -0.15) is 0 Å². The summed E-state index contributed by atoms with van der Waals surface area (Å²) < 4.78 is 21.8. The Morgan fingerprint density at radius 2 is 1.44 bits per heavy atom. The van der Waals surface area contributed by atoms with E-state index in [0.717, 1.165) is 24.0 Å². The molecule has 1 aliphatic heterocycles. The van der Waals surface area contributed by atoms with Crippen molar-refractivity contribution in [3.05, 3.63) is 47.5 Å². The van der Waals surface area contributed by atoms with E-state index < -0.39 is 0 Å². The van der Waals surface area contributed by atoms with Crippen LogP contribution in [0.1, 0.15) is 11.1 Å². The Kier molecular flexibility index (Phi) is 6.08. The second kappa shape index (κ2) is 8.50. The Hall–Kier alpha value is -2.44. The lowest BCUT2D eigenvalue weighted by molar-refractivity contribution is -0.110. The van der Waals surface area contributed by atoms with E-state index in [4.69, 9.17) is 18.9 Å². The molecule has 1 heterocycles. The van der Waals surface area contributed by atoms with Gasteiger partial charge in [-0.05, 0) is 54.2 Å². The van der Waals surface area contributed by atoms with E-state index in [2.05, 4.69) is 0 Å². The highest BCUT2D eigenvalue weighted by atomic mass is 16.7. The highest BCUT2D eigenvalue weighted by molar-refractivity contribution is 5.43. The molecule has 0 spiro atoms. The molecule has 1 aliphatic rings. The Morgan fingerprint density at radius 1 is 0.889 bits per heavy atom. The van der Waals surface area contributed by atoms with Crippen molar-refractivity contribution in [2.45, 2.75) is 19.1 Å². The van der Waals surface area contributed by atoms with Crippen LogP contribution in [0.3, 0.4) is 0 Å². The van der Waals surface area contributed by atoms with Gasteiger partial charge in [0.2, 0.25) is 0 Å². The first-order valence-electron chi connectivity index (χ1n) is 8.91. The number of hydrogen-bond acceptors (Lipinski definition) is 6. The molecule has 2 aromatic carbocycles. The molecule has 1 fully saturated rings. The lowest BCUT2D eigenvalue weighted by Crippen LogP contribution is -2.25. The van der Waals surface area contributed by atoms with Crippen molar-refractivity contribution in [3.8, 4) is 23.0 Å². The average Bonchev–Trinajstić information content (AvgIpc) is 3.06. The first-order valence-corrected chi connectivity index (χ1v) is 8.91. The number of methoxy groups -OCH3 is 3. The van der Waals surface area contributed by atoms with Gasteiger partial charge < -0.3 is 29.2 Å². The Bertz CT molecular complexity index is 775. The summed E-state index contributed by atoms with van der Waals surface area (Å²) in [6.07, 6.45) is 1.25. The predicted molar refractivity (Wildman–Crippen MR) is 100 cm³/mol. The minimum absolute atomic E-state index is 0.125. The maximum Gasteiger partial charge on any atom is 0.160 e. The SMILES string of the molecule is COc1cc(C[C@@H]2COC(OC)[C@H]2Cc2ccc(O)c(OC)c2)ccc1O. The standard InChI is InChI=1S/C21H26O6/c1-24-19-10-13(4-6-17(19)22)8-15-12-27-21(26-3)16(15)9-14-5-7-18(23)20(11-14)25-2/h4-7,10-11,15-16,21-23H,8-9,12H2,1-3H3/t15-,16+,21?/m1/s1. The molecule has 2 N–H and O–H groups in total. The lowest BCUT2D eigenvalue weighted by Gasteiger charge is -2.22. The van der Waals surface area contributed by atoms with Crippen molar-refractivity contribution in [1.29, 1.82) is 0 Å². The zero-order chi connectivity index (χ0) is 19.4. The fourth-order valence-corrected chi connectivity index (χ4v) is 3.68. The molecule has 146 valence electrons. The highest BCUT2D eigenvalue weighted by Crippen LogP contribution is 2.36. The first kappa shape index (κ1) is 19.3. The lowest BCUT2D eigenvalue weighted by atomic mass is 9.84. The number of benzene rings is 2. The van der Waals surface area contributed by atoms with Crippen LogP contribution in [-0.2, 0) is 22.3 Å². The normalized spacial score (nSPS) is 22.0. The van der Waals surface area contributed by atoms with Crippen LogP contribution < -0.4 is 9.47 Å². The van der Waals surface area contributed by atoms with Crippen LogP contribution >= 0.6 is 0 Å². The summed E-state index contributed by atoms with van der Waals surface area (Å²) in [5.74, 6) is 1.59. The molecule has 0 radical (unpaired) electrons. The number of rotatable bonds is 7. The van der Waals surface area contributed by atoms with Crippen LogP contribution in [0.4, 0.5) is 0 Å². The molecule has 2 aromatic rings. The quantitative estimate of drug-likeness (QED) is 0.775. The van der Waals surface area contributed by atoms with Gasteiger partial charge in [-0.15, -0.1) is 0 Å². The number of hydrogen-bond donors (Lipinski definition) is 2. The van der Waals surface area contributed by atoms with Crippen molar-refractivity contribution in [2.24, 2.45) is 11.8 Å². The second-order valence-electron chi connectivity index (χ2n) is 6.78.